The summed E-state index contributed by atoms with van der Waals surface area (Å²) in [5.41, 5.74) is 8.17. The normalized spacial score (nSPS) is 41.5. The van der Waals surface area contributed by atoms with Crippen LogP contribution in [-0.4, -0.2) is 143 Å². The Kier molecular flexibility index (Phi) is 21.2. The van der Waals surface area contributed by atoms with Crippen LogP contribution < -0.4 is 5.73 Å². The minimum Gasteiger partial charge on any atom is -0.459 e. The second kappa shape index (κ2) is 25.3. The highest BCUT2D eigenvalue weighted by atomic mass is 16.6. The summed E-state index contributed by atoms with van der Waals surface area (Å²) in [7, 11) is 4.50. The molecule has 0 aromatic heterocycles. The van der Waals surface area contributed by atoms with E-state index in [0.29, 0.717) is 69.8 Å². The first kappa shape index (κ1) is 54.5. The molecule has 15 nitrogen and oxygen atoms in total. The summed E-state index contributed by atoms with van der Waals surface area (Å²) in [6.07, 6.45) is 9.61. The van der Waals surface area contributed by atoms with Gasteiger partial charge in [-0.1, -0.05) is 64.2 Å². The van der Waals surface area contributed by atoms with E-state index in [-0.39, 0.29) is 43.1 Å². The summed E-state index contributed by atoms with van der Waals surface area (Å²) < 4.78 is 29.3. The smallest absolute Gasteiger partial charge is 0.329 e. The van der Waals surface area contributed by atoms with Gasteiger partial charge in [0.15, 0.2) is 5.78 Å². The molecular weight excluding hydrogens is 837 g/mol. The number of carbonyl (C=O) groups is 4. The van der Waals surface area contributed by atoms with Gasteiger partial charge in [0.05, 0.1) is 30.5 Å². The number of carbonyl (C=O) groups excluding carboxylic acids is 4. The van der Waals surface area contributed by atoms with Crippen molar-refractivity contribution in [3.8, 4) is 0 Å². The maximum absolute atomic E-state index is 14.3. The van der Waals surface area contributed by atoms with Crippen LogP contribution in [0.2, 0.25) is 0 Å². The van der Waals surface area contributed by atoms with Gasteiger partial charge >= 0.3 is 5.97 Å². The van der Waals surface area contributed by atoms with Gasteiger partial charge < -0.3 is 54.7 Å². The molecule has 6 N–H and O–H groups in total. The molecule has 1 aliphatic carbocycles. The third kappa shape index (κ3) is 14.4. The second-order valence-electron chi connectivity index (χ2n) is 19.5. The molecule has 65 heavy (non-hydrogen) atoms. The molecule has 15 heteroatoms. The molecule has 1 amide bonds. The van der Waals surface area contributed by atoms with E-state index in [4.69, 9.17) is 29.4 Å². The SMILES string of the molecule is CO[C@H]1C[C@@H]2CC[C@@H](C)[C@@](O)(O2)C(=O)C(=O)N2CCCC[C@H]2C(=O)O[C@H]([C@H](N)C[C@@H]2CC[C@@H](O)[C@H](OC)C2)C[C@@H](O)[C@H](C)/C=C(\C)[C@@H](O)[C@@H](OC)C(=O)[C@H](C)C[C@H](C)/C=C/C=C/C=C/1C. The van der Waals surface area contributed by atoms with Crippen LogP contribution in [0.15, 0.2) is 47.6 Å². The van der Waals surface area contributed by atoms with Crippen molar-refractivity contribution in [1.29, 1.82) is 0 Å². The van der Waals surface area contributed by atoms with E-state index in [0.717, 1.165) is 5.57 Å². The number of methoxy groups -OCH3 is 3. The van der Waals surface area contributed by atoms with E-state index >= 15 is 0 Å². The van der Waals surface area contributed by atoms with Crippen LogP contribution >= 0.6 is 0 Å². The number of aliphatic hydroxyl groups is 4. The Labute approximate surface area is 386 Å². The van der Waals surface area contributed by atoms with Crippen molar-refractivity contribution in [3.05, 3.63) is 47.6 Å². The van der Waals surface area contributed by atoms with E-state index in [2.05, 4.69) is 0 Å². The van der Waals surface area contributed by atoms with E-state index in [1.165, 1.54) is 12.0 Å². The van der Waals surface area contributed by atoms with Crippen LogP contribution in [0.4, 0.5) is 0 Å². The number of Topliss-reactive ketones (excluding diaryl/α,β-unsaturated/α-hetero) is 2. The lowest BCUT2D eigenvalue weighted by Gasteiger charge is -2.42. The minimum atomic E-state index is -2.44. The van der Waals surface area contributed by atoms with Crippen LogP contribution in [0.25, 0.3) is 0 Å². The molecule has 0 unspecified atom stereocenters. The van der Waals surface area contributed by atoms with Gasteiger partial charge in [0.25, 0.3) is 11.7 Å². The highest BCUT2D eigenvalue weighted by Crippen LogP contribution is 2.37. The number of aliphatic hydroxyl groups excluding tert-OH is 3. The zero-order chi connectivity index (χ0) is 48.2. The third-order valence-corrected chi connectivity index (χ3v) is 14.4. The van der Waals surface area contributed by atoms with Crippen LogP contribution in [0.3, 0.4) is 0 Å². The van der Waals surface area contributed by atoms with Crippen molar-refractivity contribution in [2.24, 2.45) is 35.3 Å². The van der Waals surface area contributed by atoms with E-state index in [9.17, 15) is 39.6 Å². The summed E-state index contributed by atoms with van der Waals surface area (Å²) in [5, 5.41) is 45.5. The number of nitrogens with two attached hydrogens (primary N) is 1. The van der Waals surface area contributed by atoms with Gasteiger partial charge in [-0.25, -0.2) is 4.79 Å². The van der Waals surface area contributed by atoms with E-state index < -0.39 is 96.0 Å². The lowest BCUT2D eigenvalue weighted by Crippen LogP contribution is -2.61. The van der Waals surface area contributed by atoms with Crippen LogP contribution in [0.1, 0.15) is 119 Å². The molecule has 2 bridgehead atoms. The average Bonchev–Trinajstić information content (AvgIpc) is 3.28. The molecule has 3 fully saturated rings. The van der Waals surface area contributed by atoms with Gasteiger partial charge in [-0.15, -0.1) is 0 Å². The fourth-order valence-electron chi connectivity index (χ4n) is 10.0. The second-order valence-corrected chi connectivity index (χ2v) is 19.5. The Morgan fingerprint density at radius 2 is 1.55 bits per heavy atom. The maximum atomic E-state index is 14.3. The fourth-order valence-corrected chi connectivity index (χ4v) is 10.0. The highest BCUT2D eigenvalue weighted by Gasteiger charge is 2.53. The first-order valence-corrected chi connectivity index (χ1v) is 23.8. The molecule has 3 heterocycles. The molecular formula is C50H80N2O13. The number of esters is 1. The van der Waals surface area contributed by atoms with E-state index in [1.807, 2.05) is 51.2 Å². The lowest BCUT2D eigenvalue weighted by molar-refractivity contribution is -0.265. The summed E-state index contributed by atoms with van der Waals surface area (Å²) in [5.74, 6) is -7.38. The molecule has 2 saturated heterocycles. The summed E-state index contributed by atoms with van der Waals surface area (Å²) in [6.45, 7) is 10.9. The summed E-state index contributed by atoms with van der Waals surface area (Å²) in [4.78, 5) is 57.6. The van der Waals surface area contributed by atoms with Crippen molar-refractivity contribution in [3.63, 3.8) is 0 Å². The highest BCUT2D eigenvalue weighted by molar-refractivity contribution is 6.39. The predicted molar refractivity (Wildman–Crippen MR) is 245 cm³/mol. The monoisotopic (exact) mass is 917 g/mol. The molecule has 16 atom stereocenters. The molecule has 1 saturated carbocycles. The first-order valence-electron chi connectivity index (χ1n) is 23.8. The standard InChI is InChI=1S/C50H80N2O13/c1-29-15-11-10-12-16-30(2)41(61-7)27-36-20-18-34(6)50(60,65-36)47(57)48(58)52-22-14-13-17-38(52)49(59)64-42(37(51)25-35-19-21-39(53)43(26-35)62-8)28-40(54)31(3)24-33(5)45(56)46(63-9)44(55)32(4)23-29/h10-12,15-16,24,29,31-32,34-43,45-46,53-54,56,60H,13-14,17-23,25-28,51H2,1-9H3/b12-10+,15-11+,30-16+,33-24+/t29-,31-,32-,34-,35+,36+,37-,38+,39-,40-,41+,42+,43-,45-,46+,50-/m1/s1. The van der Waals surface area contributed by atoms with Crippen LogP contribution in [0.5, 0.6) is 0 Å². The Bertz CT molecular complexity index is 1710. The number of nitrogens with zero attached hydrogens (tertiary/aromatic N) is 1. The maximum Gasteiger partial charge on any atom is 0.329 e. The van der Waals surface area contributed by atoms with Gasteiger partial charge in [-0.2, -0.15) is 0 Å². The van der Waals surface area contributed by atoms with Gasteiger partial charge in [0.1, 0.15) is 24.4 Å². The molecule has 0 aromatic rings. The molecule has 0 radical (unpaired) electrons. The first-order chi connectivity index (χ1) is 30.7. The topological polar surface area (TPSA) is 225 Å². The number of hydrogen-bond donors (Lipinski definition) is 5. The van der Waals surface area contributed by atoms with Gasteiger partial charge in [0, 0.05) is 64.5 Å². The van der Waals surface area contributed by atoms with Crippen molar-refractivity contribution < 1.29 is 63.3 Å². The minimum absolute atomic E-state index is 0.0202. The Morgan fingerprint density at radius 1 is 0.831 bits per heavy atom. The van der Waals surface area contributed by atoms with Crippen LogP contribution in [0, 0.1) is 29.6 Å². The average molecular weight is 917 g/mol. The third-order valence-electron chi connectivity index (χ3n) is 14.4. The summed E-state index contributed by atoms with van der Waals surface area (Å²) in [6, 6.07) is -1.94. The molecule has 368 valence electrons. The number of fused-ring (bicyclic) bond motifs is 3. The van der Waals surface area contributed by atoms with Gasteiger partial charge in [0.2, 0.25) is 5.79 Å². The molecule has 0 aromatic carbocycles. The number of allylic oxidation sites excluding steroid dienone is 5. The zero-order valence-corrected chi connectivity index (χ0v) is 40.3. The number of cyclic esters (lactones) is 1. The Balaban J connectivity index is 1.70. The van der Waals surface area contributed by atoms with Crippen molar-refractivity contribution in [2.45, 2.75) is 185 Å². The number of hydrogen-bond acceptors (Lipinski definition) is 14. The molecule has 4 rings (SSSR count). The quantitative estimate of drug-likeness (QED) is 0.139. The Morgan fingerprint density at radius 3 is 2.23 bits per heavy atom. The van der Waals surface area contributed by atoms with E-state index in [1.54, 1.807) is 41.1 Å². The summed E-state index contributed by atoms with van der Waals surface area (Å²) >= 11 is 0. The zero-order valence-electron chi connectivity index (χ0n) is 40.3. The van der Waals surface area contributed by atoms with Crippen molar-refractivity contribution >= 4 is 23.4 Å². The number of amides is 1. The molecule has 4 aliphatic rings. The lowest BCUT2D eigenvalue weighted by atomic mass is 9.80. The number of ketones is 2. The Hall–Kier alpha value is -3.12. The van der Waals surface area contributed by atoms with Crippen molar-refractivity contribution in [1.82, 2.24) is 4.90 Å². The number of ether oxygens (including phenoxy) is 5. The van der Waals surface area contributed by atoms with Gasteiger partial charge in [-0.3, -0.25) is 14.4 Å². The van der Waals surface area contributed by atoms with Crippen molar-refractivity contribution in [2.75, 3.05) is 27.9 Å². The predicted octanol–water partition coefficient (Wildman–Crippen LogP) is 4.66. The van der Waals surface area contributed by atoms with Crippen LogP contribution in [-0.2, 0) is 42.9 Å². The molecule has 0 spiro atoms. The largest absolute Gasteiger partial charge is 0.459 e. The fraction of sp³-hybridized carbons (Fsp3) is 0.760. The number of piperidine rings is 1. The van der Waals surface area contributed by atoms with Gasteiger partial charge in [-0.05, 0) is 101 Å². The molecule has 3 aliphatic heterocycles. The number of rotatable bonds is 6.